The van der Waals surface area contributed by atoms with Gasteiger partial charge in [0.25, 0.3) is 0 Å². The van der Waals surface area contributed by atoms with Gasteiger partial charge in [0.1, 0.15) is 5.82 Å². The summed E-state index contributed by atoms with van der Waals surface area (Å²) in [6.45, 7) is 4.16. The van der Waals surface area contributed by atoms with Crippen LogP contribution in [0.4, 0.5) is 11.8 Å². The summed E-state index contributed by atoms with van der Waals surface area (Å²) >= 11 is 0. The number of anilines is 2. The maximum atomic E-state index is 5.39. The second-order valence-corrected chi connectivity index (χ2v) is 5.37. The molecule has 7 heteroatoms. The molecule has 2 aliphatic rings. The molecular weight excluding hydrogens is 256 g/mol. The second kappa shape index (κ2) is 4.59. The van der Waals surface area contributed by atoms with E-state index in [9.17, 15) is 0 Å². The van der Waals surface area contributed by atoms with Gasteiger partial charge < -0.3 is 14.5 Å². The molecule has 4 rings (SSSR count). The Morgan fingerprint density at radius 1 is 1.15 bits per heavy atom. The fourth-order valence-corrected chi connectivity index (χ4v) is 2.91. The summed E-state index contributed by atoms with van der Waals surface area (Å²) in [5.41, 5.74) is 1.94. The average molecular weight is 274 g/mol. The van der Waals surface area contributed by atoms with Gasteiger partial charge in [0, 0.05) is 32.4 Å². The minimum Gasteiger partial charge on any atom is -0.378 e. The first kappa shape index (κ1) is 11.9. The zero-order valence-corrected chi connectivity index (χ0v) is 11.6. The molecule has 0 unspecified atom stereocenters. The number of aromatic amines is 1. The third-order valence-electron chi connectivity index (χ3n) is 4.03. The standard InChI is InChI=1S/C13H18N6O/c1-18-4-2-3-9-10-11(17-16-9)14-13(15-12(10)18)19-5-7-20-8-6-19/h2-8H2,1H3,(H,14,15,16,17). The van der Waals surface area contributed by atoms with E-state index in [-0.39, 0.29) is 0 Å². The Morgan fingerprint density at radius 3 is 2.85 bits per heavy atom. The molecule has 0 amide bonds. The number of hydrogen-bond donors (Lipinski definition) is 1. The van der Waals surface area contributed by atoms with Gasteiger partial charge in [0.2, 0.25) is 5.95 Å². The second-order valence-electron chi connectivity index (χ2n) is 5.37. The number of ether oxygens (including phenoxy) is 1. The molecule has 106 valence electrons. The van der Waals surface area contributed by atoms with Crippen LogP contribution in [0, 0.1) is 0 Å². The third kappa shape index (κ3) is 1.81. The molecule has 0 spiro atoms. The normalized spacial score (nSPS) is 19.4. The number of hydrogen-bond acceptors (Lipinski definition) is 6. The van der Waals surface area contributed by atoms with Crippen molar-refractivity contribution in [1.29, 1.82) is 0 Å². The molecule has 0 aromatic carbocycles. The lowest BCUT2D eigenvalue weighted by molar-refractivity contribution is 0.122. The van der Waals surface area contributed by atoms with Crippen molar-refractivity contribution in [2.45, 2.75) is 12.8 Å². The van der Waals surface area contributed by atoms with Gasteiger partial charge in [-0.15, -0.1) is 0 Å². The van der Waals surface area contributed by atoms with Crippen molar-refractivity contribution in [3.63, 3.8) is 0 Å². The van der Waals surface area contributed by atoms with Gasteiger partial charge in [-0.05, 0) is 12.8 Å². The van der Waals surface area contributed by atoms with Gasteiger partial charge >= 0.3 is 0 Å². The van der Waals surface area contributed by atoms with E-state index < -0.39 is 0 Å². The zero-order valence-electron chi connectivity index (χ0n) is 11.6. The Hall–Kier alpha value is -1.89. The highest BCUT2D eigenvalue weighted by Crippen LogP contribution is 2.30. The molecule has 4 heterocycles. The summed E-state index contributed by atoms with van der Waals surface area (Å²) in [5, 5.41) is 8.57. The molecule has 1 fully saturated rings. The predicted octanol–water partition coefficient (Wildman–Crippen LogP) is 0.572. The minimum atomic E-state index is 0.735. The molecule has 0 saturated carbocycles. The quantitative estimate of drug-likeness (QED) is 0.820. The molecule has 2 aliphatic heterocycles. The van der Waals surface area contributed by atoms with Crippen molar-refractivity contribution in [3.05, 3.63) is 5.69 Å². The molecule has 0 radical (unpaired) electrons. The van der Waals surface area contributed by atoms with Crippen LogP contribution >= 0.6 is 0 Å². The monoisotopic (exact) mass is 274 g/mol. The summed E-state index contributed by atoms with van der Waals surface area (Å²) in [5.74, 6) is 1.76. The number of nitrogens with zero attached hydrogens (tertiary/aromatic N) is 5. The first-order valence-corrected chi connectivity index (χ1v) is 7.12. The number of aromatic nitrogens is 4. The first-order valence-electron chi connectivity index (χ1n) is 7.12. The maximum Gasteiger partial charge on any atom is 0.229 e. The van der Waals surface area contributed by atoms with Gasteiger partial charge in [-0.25, -0.2) is 0 Å². The summed E-state index contributed by atoms with van der Waals surface area (Å²) < 4.78 is 5.39. The Balaban J connectivity index is 1.85. The molecule has 20 heavy (non-hydrogen) atoms. The van der Waals surface area contributed by atoms with Gasteiger partial charge in [-0.2, -0.15) is 15.1 Å². The highest BCUT2D eigenvalue weighted by Gasteiger charge is 2.23. The molecule has 0 aliphatic carbocycles. The number of rotatable bonds is 1. The van der Waals surface area contributed by atoms with Crippen LogP contribution in [0.15, 0.2) is 0 Å². The number of nitrogens with one attached hydrogen (secondary N) is 1. The zero-order chi connectivity index (χ0) is 13.5. The largest absolute Gasteiger partial charge is 0.378 e. The molecule has 0 bridgehead atoms. The van der Waals surface area contributed by atoms with Crippen molar-refractivity contribution in [2.75, 3.05) is 49.7 Å². The SMILES string of the molecule is CN1CCCc2[nH]nc3nc(N4CCOCC4)nc1c23. The van der Waals surface area contributed by atoms with Gasteiger partial charge in [0.05, 0.1) is 18.6 Å². The van der Waals surface area contributed by atoms with E-state index in [2.05, 4.69) is 32.0 Å². The number of aryl methyl sites for hydroxylation is 1. The minimum absolute atomic E-state index is 0.735. The topological polar surface area (TPSA) is 70.2 Å². The average Bonchev–Trinajstić information content (AvgIpc) is 2.82. The van der Waals surface area contributed by atoms with Crippen LogP contribution in [0.1, 0.15) is 12.1 Å². The summed E-state index contributed by atoms with van der Waals surface area (Å²) in [6, 6.07) is 0. The molecule has 2 aromatic rings. The number of H-pyrrole nitrogens is 1. The fourth-order valence-electron chi connectivity index (χ4n) is 2.91. The lowest BCUT2D eigenvalue weighted by Crippen LogP contribution is -2.37. The first-order chi connectivity index (χ1) is 9.83. The van der Waals surface area contributed by atoms with Crippen LogP contribution < -0.4 is 9.80 Å². The van der Waals surface area contributed by atoms with Crippen LogP contribution in [-0.2, 0) is 11.2 Å². The highest BCUT2D eigenvalue weighted by molar-refractivity contribution is 5.91. The van der Waals surface area contributed by atoms with Gasteiger partial charge in [-0.3, -0.25) is 5.10 Å². The van der Waals surface area contributed by atoms with E-state index in [4.69, 9.17) is 9.72 Å². The van der Waals surface area contributed by atoms with E-state index in [0.717, 1.165) is 74.2 Å². The third-order valence-corrected chi connectivity index (χ3v) is 4.03. The van der Waals surface area contributed by atoms with Crippen LogP contribution in [0.25, 0.3) is 11.0 Å². The Kier molecular flexibility index (Phi) is 2.73. The summed E-state index contributed by atoms with van der Waals surface area (Å²) in [7, 11) is 2.09. The van der Waals surface area contributed by atoms with E-state index in [1.807, 2.05) is 0 Å². The van der Waals surface area contributed by atoms with Crippen molar-refractivity contribution in [1.82, 2.24) is 20.2 Å². The summed E-state index contributed by atoms with van der Waals surface area (Å²) in [6.07, 6.45) is 2.12. The molecule has 7 nitrogen and oxygen atoms in total. The smallest absolute Gasteiger partial charge is 0.229 e. The Morgan fingerprint density at radius 2 is 2.00 bits per heavy atom. The fraction of sp³-hybridized carbons (Fsp3) is 0.615. The van der Waals surface area contributed by atoms with Crippen molar-refractivity contribution in [2.24, 2.45) is 0 Å². The predicted molar refractivity (Wildman–Crippen MR) is 76.3 cm³/mol. The molecule has 1 saturated heterocycles. The van der Waals surface area contributed by atoms with E-state index >= 15 is 0 Å². The molecule has 1 N–H and O–H groups in total. The van der Waals surface area contributed by atoms with Crippen LogP contribution in [0.5, 0.6) is 0 Å². The van der Waals surface area contributed by atoms with E-state index in [1.54, 1.807) is 0 Å². The molecule has 2 aromatic heterocycles. The molecule has 0 atom stereocenters. The van der Waals surface area contributed by atoms with E-state index in [1.165, 1.54) is 0 Å². The Bertz CT molecular complexity index is 633. The highest BCUT2D eigenvalue weighted by atomic mass is 16.5. The van der Waals surface area contributed by atoms with Crippen LogP contribution in [0.2, 0.25) is 0 Å². The van der Waals surface area contributed by atoms with Crippen LogP contribution in [-0.4, -0.2) is 60.1 Å². The van der Waals surface area contributed by atoms with Gasteiger partial charge in [0.15, 0.2) is 5.65 Å². The lowest BCUT2D eigenvalue weighted by Gasteiger charge is -2.27. The number of morpholine rings is 1. The maximum absolute atomic E-state index is 5.39. The van der Waals surface area contributed by atoms with Crippen molar-refractivity contribution < 1.29 is 4.74 Å². The Labute approximate surface area is 116 Å². The van der Waals surface area contributed by atoms with Crippen molar-refractivity contribution >= 4 is 22.8 Å². The van der Waals surface area contributed by atoms with Crippen molar-refractivity contribution in [3.8, 4) is 0 Å². The lowest BCUT2D eigenvalue weighted by atomic mass is 10.2. The molecular formula is C13H18N6O. The summed E-state index contributed by atoms with van der Waals surface area (Å²) in [4.78, 5) is 13.8. The van der Waals surface area contributed by atoms with Gasteiger partial charge in [-0.1, -0.05) is 0 Å². The van der Waals surface area contributed by atoms with E-state index in [0.29, 0.717) is 0 Å². The van der Waals surface area contributed by atoms with Crippen LogP contribution in [0.3, 0.4) is 0 Å².